The van der Waals surface area contributed by atoms with Gasteiger partial charge in [0.25, 0.3) is 0 Å². The highest BCUT2D eigenvalue weighted by molar-refractivity contribution is 5.76. The van der Waals surface area contributed by atoms with Crippen LogP contribution in [-0.4, -0.2) is 36.1 Å². The second-order valence-corrected chi connectivity index (χ2v) is 5.78. The third kappa shape index (κ3) is 4.48. The number of urea groups is 1. The van der Waals surface area contributed by atoms with Crippen molar-refractivity contribution < 1.29 is 14.3 Å². The van der Waals surface area contributed by atoms with Gasteiger partial charge in [0.2, 0.25) is 0 Å². The minimum absolute atomic E-state index is 0.108. The van der Waals surface area contributed by atoms with E-state index in [-0.39, 0.29) is 30.6 Å². The molecule has 1 N–H and O–H groups in total. The Morgan fingerprint density at radius 1 is 1.32 bits per heavy atom. The van der Waals surface area contributed by atoms with Crippen LogP contribution in [0.4, 0.5) is 4.79 Å². The van der Waals surface area contributed by atoms with Crippen molar-refractivity contribution in [2.45, 2.75) is 45.3 Å². The van der Waals surface area contributed by atoms with Crippen LogP contribution in [0, 0.1) is 0 Å². The molecule has 5 nitrogen and oxygen atoms in total. The molecule has 1 saturated heterocycles. The molecule has 1 atom stereocenters. The number of nitrogens with zero attached hydrogens (tertiary/aromatic N) is 1. The van der Waals surface area contributed by atoms with E-state index in [1.807, 2.05) is 36.9 Å². The van der Waals surface area contributed by atoms with Crippen LogP contribution in [0.5, 0.6) is 0 Å². The Balaban J connectivity index is 1.83. The molecule has 0 spiro atoms. The van der Waals surface area contributed by atoms with Crippen LogP contribution < -0.4 is 5.32 Å². The number of amides is 2. The Morgan fingerprint density at radius 2 is 2.05 bits per heavy atom. The van der Waals surface area contributed by atoms with Gasteiger partial charge in [0.1, 0.15) is 0 Å². The van der Waals surface area contributed by atoms with E-state index in [4.69, 9.17) is 4.74 Å². The zero-order valence-electron chi connectivity index (χ0n) is 13.2. The zero-order chi connectivity index (χ0) is 15.9. The first-order chi connectivity index (χ1) is 10.6. The summed E-state index contributed by atoms with van der Waals surface area (Å²) in [7, 11) is 0. The van der Waals surface area contributed by atoms with Crippen molar-refractivity contribution in [3.05, 3.63) is 35.9 Å². The van der Waals surface area contributed by atoms with Crippen molar-refractivity contribution >= 4 is 12.0 Å². The van der Waals surface area contributed by atoms with Crippen LogP contribution in [0.3, 0.4) is 0 Å². The van der Waals surface area contributed by atoms with Crippen LogP contribution in [0.1, 0.15) is 44.7 Å². The lowest BCUT2D eigenvalue weighted by Crippen LogP contribution is -2.40. The van der Waals surface area contributed by atoms with Crippen molar-refractivity contribution in [3.8, 4) is 0 Å². The summed E-state index contributed by atoms with van der Waals surface area (Å²) in [5.41, 5.74) is 1.16. The van der Waals surface area contributed by atoms with Crippen LogP contribution in [0.25, 0.3) is 0 Å². The number of likely N-dealkylation sites (tertiary alicyclic amines) is 1. The standard InChI is InChI=1S/C17H24N2O3/c1-13(2)22-16(20)10-11-18-17(21)19-12-6-9-15(19)14-7-4-3-5-8-14/h3-5,7-8,13,15H,6,9-12H2,1-2H3,(H,18,21). The predicted octanol–water partition coefficient (Wildman–Crippen LogP) is 2.87. The number of hydrogen-bond acceptors (Lipinski definition) is 3. The van der Waals surface area contributed by atoms with E-state index in [0.29, 0.717) is 6.54 Å². The van der Waals surface area contributed by atoms with Crippen molar-refractivity contribution in [1.82, 2.24) is 10.2 Å². The molecule has 5 heteroatoms. The summed E-state index contributed by atoms with van der Waals surface area (Å²) in [6, 6.07) is 10.1. The van der Waals surface area contributed by atoms with Gasteiger partial charge in [-0.15, -0.1) is 0 Å². The minimum Gasteiger partial charge on any atom is -0.463 e. The van der Waals surface area contributed by atoms with E-state index in [9.17, 15) is 9.59 Å². The van der Waals surface area contributed by atoms with E-state index in [1.54, 1.807) is 0 Å². The molecule has 120 valence electrons. The van der Waals surface area contributed by atoms with Crippen LogP contribution in [0.15, 0.2) is 30.3 Å². The molecule has 22 heavy (non-hydrogen) atoms. The summed E-state index contributed by atoms with van der Waals surface area (Å²) >= 11 is 0. The monoisotopic (exact) mass is 304 g/mol. The molecule has 0 aliphatic carbocycles. The summed E-state index contributed by atoms with van der Waals surface area (Å²) < 4.78 is 5.04. The van der Waals surface area contributed by atoms with E-state index in [2.05, 4.69) is 17.4 Å². The maximum atomic E-state index is 12.3. The number of nitrogens with one attached hydrogen (secondary N) is 1. The molecule has 0 radical (unpaired) electrons. The van der Waals surface area contributed by atoms with E-state index in [0.717, 1.165) is 24.9 Å². The molecule has 2 amide bonds. The van der Waals surface area contributed by atoms with Crippen molar-refractivity contribution in [2.75, 3.05) is 13.1 Å². The molecule has 1 aliphatic rings. The van der Waals surface area contributed by atoms with Gasteiger partial charge in [0, 0.05) is 13.1 Å². The highest BCUT2D eigenvalue weighted by Crippen LogP contribution is 2.31. The van der Waals surface area contributed by atoms with Crippen molar-refractivity contribution in [2.24, 2.45) is 0 Å². The molecule has 2 rings (SSSR count). The van der Waals surface area contributed by atoms with E-state index >= 15 is 0 Å². The summed E-state index contributed by atoms with van der Waals surface area (Å²) in [6.07, 6.45) is 2.06. The fourth-order valence-electron chi connectivity index (χ4n) is 2.73. The van der Waals surface area contributed by atoms with Gasteiger partial charge in [-0.25, -0.2) is 4.79 Å². The third-order valence-corrected chi connectivity index (χ3v) is 3.67. The van der Waals surface area contributed by atoms with Crippen LogP contribution in [-0.2, 0) is 9.53 Å². The molecule has 1 heterocycles. The molecule has 1 unspecified atom stereocenters. The predicted molar refractivity (Wildman–Crippen MR) is 84.4 cm³/mol. The topological polar surface area (TPSA) is 58.6 Å². The smallest absolute Gasteiger partial charge is 0.317 e. The number of esters is 1. The normalized spacial score (nSPS) is 17.6. The number of rotatable bonds is 5. The minimum atomic E-state index is -0.281. The van der Waals surface area contributed by atoms with Crippen molar-refractivity contribution in [3.63, 3.8) is 0 Å². The van der Waals surface area contributed by atoms with Crippen LogP contribution >= 0.6 is 0 Å². The Bertz CT molecular complexity index is 502. The maximum absolute atomic E-state index is 12.3. The average Bonchev–Trinajstić information content (AvgIpc) is 2.96. The highest BCUT2D eigenvalue weighted by atomic mass is 16.5. The second kappa shape index (κ2) is 7.82. The number of benzene rings is 1. The molecule has 0 saturated carbocycles. The fourth-order valence-corrected chi connectivity index (χ4v) is 2.73. The summed E-state index contributed by atoms with van der Waals surface area (Å²) in [5, 5.41) is 2.81. The summed E-state index contributed by atoms with van der Waals surface area (Å²) in [6.45, 7) is 4.68. The van der Waals surface area contributed by atoms with Gasteiger partial charge in [-0.05, 0) is 32.3 Å². The molecule has 0 aromatic heterocycles. The SMILES string of the molecule is CC(C)OC(=O)CCNC(=O)N1CCCC1c1ccccc1. The third-order valence-electron chi connectivity index (χ3n) is 3.67. The first-order valence-corrected chi connectivity index (χ1v) is 7.87. The van der Waals surface area contributed by atoms with Gasteiger partial charge in [0.05, 0.1) is 18.6 Å². The molecule has 0 bridgehead atoms. The molecule has 1 aromatic rings. The Hall–Kier alpha value is -2.04. The van der Waals surface area contributed by atoms with Crippen molar-refractivity contribution in [1.29, 1.82) is 0 Å². The quantitative estimate of drug-likeness (QED) is 0.851. The lowest BCUT2D eigenvalue weighted by Gasteiger charge is -2.25. The van der Waals surface area contributed by atoms with Gasteiger partial charge >= 0.3 is 12.0 Å². The summed E-state index contributed by atoms with van der Waals surface area (Å²) in [5.74, 6) is -0.281. The van der Waals surface area contributed by atoms with Gasteiger partial charge in [-0.1, -0.05) is 30.3 Å². The molecular weight excluding hydrogens is 280 g/mol. The largest absolute Gasteiger partial charge is 0.463 e. The number of ether oxygens (including phenoxy) is 1. The lowest BCUT2D eigenvalue weighted by molar-refractivity contribution is -0.147. The van der Waals surface area contributed by atoms with Gasteiger partial charge in [0.15, 0.2) is 0 Å². The molecule has 1 fully saturated rings. The van der Waals surface area contributed by atoms with E-state index in [1.165, 1.54) is 0 Å². The number of hydrogen-bond donors (Lipinski definition) is 1. The second-order valence-electron chi connectivity index (χ2n) is 5.78. The number of carbonyl (C=O) groups excluding carboxylic acids is 2. The zero-order valence-corrected chi connectivity index (χ0v) is 13.2. The maximum Gasteiger partial charge on any atom is 0.317 e. The number of carbonyl (C=O) groups is 2. The lowest BCUT2D eigenvalue weighted by atomic mass is 10.1. The molecule has 1 aliphatic heterocycles. The van der Waals surface area contributed by atoms with E-state index < -0.39 is 0 Å². The van der Waals surface area contributed by atoms with Gasteiger partial charge in [-0.2, -0.15) is 0 Å². The van der Waals surface area contributed by atoms with Gasteiger partial charge < -0.3 is 15.0 Å². The first kappa shape index (κ1) is 16.3. The molecular formula is C17H24N2O3. The average molecular weight is 304 g/mol. The first-order valence-electron chi connectivity index (χ1n) is 7.87. The van der Waals surface area contributed by atoms with Crippen LogP contribution in [0.2, 0.25) is 0 Å². The molecule has 1 aromatic carbocycles. The Kier molecular flexibility index (Phi) is 5.81. The fraction of sp³-hybridized carbons (Fsp3) is 0.529. The Morgan fingerprint density at radius 3 is 2.73 bits per heavy atom. The summed E-state index contributed by atoms with van der Waals surface area (Å²) in [4.78, 5) is 25.6. The highest BCUT2D eigenvalue weighted by Gasteiger charge is 2.29. The van der Waals surface area contributed by atoms with Gasteiger partial charge in [-0.3, -0.25) is 4.79 Å². The Labute approximate surface area is 131 Å².